The molecule has 0 radical (unpaired) electrons. The second kappa shape index (κ2) is 5.13. The van der Waals surface area contributed by atoms with E-state index in [9.17, 15) is 0 Å². The van der Waals surface area contributed by atoms with Crippen molar-refractivity contribution in [1.29, 1.82) is 0 Å². The second-order valence-electron chi connectivity index (χ2n) is 4.74. The maximum atomic E-state index is 5.83. The molecule has 0 amide bonds. The highest BCUT2D eigenvalue weighted by molar-refractivity contribution is 5.48. The van der Waals surface area contributed by atoms with Crippen molar-refractivity contribution in [2.75, 3.05) is 19.0 Å². The van der Waals surface area contributed by atoms with Crippen LogP contribution in [0.25, 0.3) is 0 Å². The Morgan fingerprint density at radius 3 is 1.94 bits per heavy atom. The molecule has 0 fully saturated rings. The quantitative estimate of drug-likeness (QED) is 0.800. The summed E-state index contributed by atoms with van der Waals surface area (Å²) in [6, 6.07) is 14.2. The van der Waals surface area contributed by atoms with Gasteiger partial charge < -0.3 is 9.64 Å². The average Bonchev–Trinajstić information content (AvgIpc) is 2.34. The normalized spacial score (nSPS) is 10.2. The lowest BCUT2D eigenvalue weighted by Crippen LogP contribution is -2.07. The van der Waals surface area contributed by atoms with Gasteiger partial charge in [-0.15, -0.1) is 0 Å². The number of hydrogen-bond donors (Lipinski definition) is 0. The Morgan fingerprint density at radius 2 is 1.39 bits per heavy atom. The Labute approximate surface area is 109 Å². The molecule has 0 heterocycles. The lowest BCUT2D eigenvalue weighted by Gasteiger charge is -2.13. The standard InChI is InChI=1S/C16H19NO/c1-12-5-8-16(11-13(12)2)18-15-9-6-14(7-10-15)17(3)4/h5-11H,1-4H3. The second-order valence-corrected chi connectivity index (χ2v) is 4.74. The van der Waals surface area contributed by atoms with E-state index in [-0.39, 0.29) is 0 Å². The fraction of sp³-hybridized carbons (Fsp3) is 0.250. The van der Waals surface area contributed by atoms with Crippen LogP contribution < -0.4 is 9.64 Å². The van der Waals surface area contributed by atoms with Crippen molar-refractivity contribution in [3.05, 3.63) is 53.6 Å². The molecule has 94 valence electrons. The molecule has 0 saturated carbocycles. The lowest BCUT2D eigenvalue weighted by molar-refractivity contribution is 0.482. The van der Waals surface area contributed by atoms with Crippen LogP contribution >= 0.6 is 0 Å². The molecular formula is C16H19NO. The van der Waals surface area contributed by atoms with Gasteiger partial charge in [0, 0.05) is 19.8 Å². The topological polar surface area (TPSA) is 12.5 Å². The molecule has 0 N–H and O–H groups in total. The predicted octanol–water partition coefficient (Wildman–Crippen LogP) is 4.16. The summed E-state index contributed by atoms with van der Waals surface area (Å²) in [5.74, 6) is 1.75. The Balaban J connectivity index is 2.15. The Bertz CT molecular complexity index is 529. The summed E-state index contributed by atoms with van der Waals surface area (Å²) >= 11 is 0. The minimum absolute atomic E-state index is 0.865. The summed E-state index contributed by atoms with van der Waals surface area (Å²) in [4.78, 5) is 2.07. The zero-order valence-corrected chi connectivity index (χ0v) is 11.4. The zero-order chi connectivity index (χ0) is 13.1. The van der Waals surface area contributed by atoms with Gasteiger partial charge in [0.15, 0.2) is 0 Å². The smallest absolute Gasteiger partial charge is 0.127 e. The molecule has 2 rings (SSSR count). The highest BCUT2D eigenvalue weighted by Crippen LogP contribution is 2.25. The van der Waals surface area contributed by atoms with Gasteiger partial charge in [0.25, 0.3) is 0 Å². The van der Waals surface area contributed by atoms with Crippen molar-refractivity contribution < 1.29 is 4.74 Å². The molecular weight excluding hydrogens is 222 g/mol. The number of anilines is 1. The molecule has 0 atom stereocenters. The van der Waals surface area contributed by atoms with Crippen molar-refractivity contribution >= 4 is 5.69 Å². The first-order valence-electron chi connectivity index (χ1n) is 6.09. The van der Waals surface area contributed by atoms with E-state index in [0.29, 0.717) is 0 Å². The first-order valence-corrected chi connectivity index (χ1v) is 6.09. The van der Waals surface area contributed by atoms with Gasteiger partial charge in [0.2, 0.25) is 0 Å². The van der Waals surface area contributed by atoms with Gasteiger partial charge in [-0.1, -0.05) is 6.07 Å². The number of aryl methyl sites for hydroxylation is 2. The van der Waals surface area contributed by atoms with E-state index in [4.69, 9.17) is 4.74 Å². The van der Waals surface area contributed by atoms with Crippen LogP contribution in [0.5, 0.6) is 11.5 Å². The van der Waals surface area contributed by atoms with Gasteiger partial charge in [-0.05, 0) is 61.4 Å². The molecule has 0 unspecified atom stereocenters. The molecule has 0 aromatic heterocycles. The van der Waals surface area contributed by atoms with Gasteiger partial charge in [-0.3, -0.25) is 0 Å². The van der Waals surface area contributed by atoms with Crippen LogP contribution in [0.1, 0.15) is 11.1 Å². The molecule has 0 aliphatic heterocycles. The molecule has 2 aromatic carbocycles. The van der Waals surface area contributed by atoms with Crippen molar-refractivity contribution in [2.24, 2.45) is 0 Å². The van der Waals surface area contributed by atoms with Crippen LogP contribution in [0, 0.1) is 13.8 Å². The molecule has 0 spiro atoms. The van der Waals surface area contributed by atoms with Crippen LogP contribution in [0.4, 0.5) is 5.69 Å². The summed E-state index contributed by atoms with van der Waals surface area (Å²) in [5.41, 5.74) is 3.70. The zero-order valence-electron chi connectivity index (χ0n) is 11.4. The van der Waals surface area contributed by atoms with Gasteiger partial charge in [-0.2, -0.15) is 0 Å². The van der Waals surface area contributed by atoms with Gasteiger partial charge in [0.05, 0.1) is 0 Å². The maximum absolute atomic E-state index is 5.83. The largest absolute Gasteiger partial charge is 0.457 e. The molecule has 0 saturated heterocycles. The van der Waals surface area contributed by atoms with Crippen LogP contribution in [-0.4, -0.2) is 14.1 Å². The highest BCUT2D eigenvalue weighted by atomic mass is 16.5. The molecule has 0 aliphatic rings. The van der Waals surface area contributed by atoms with E-state index >= 15 is 0 Å². The summed E-state index contributed by atoms with van der Waals surface area (Å²) < 4.78 is 5.83. The van der Waals surface area contributed by atoms with Crippen molar-refractivity contribution in [3.63, 3.8) is 0 Å². The van der Waals surface area contributed by atoms with Gasteiger partial charge in [0.1, 0.15) is 11.5 Å². The van der Waals surface area contributed by atoms with Gasteiger partial charge in [-0.25, -0.2) is 0 Å². The fourth-order valence-corrected chi connectivity index (χ4v) is 1.73. The molecule has 0 bridgehead atoms. The summed E-state index contributed by atoms with van der Waals surface area (Å²) in [6.45, 7) is 4.20. The highest BCUT2D eigenvalue weighted by Gasteiger charge is 2.00. The number of nitrogens with zero attached hydrogens (tertiary/aromatic N) is 1. The molecule has 2 nitrogen and oxygen atoms in total. The first kappa shape index (κ1) is 12.5. The van der Waals surface area contributed by atoms with Crippen molar-refractivity contribution in [2.45, 2.75) is 13.8 Å². The van der Waals surface area contributed by atoms with Crippen LogP contribution in [0.3, 0.4) is 0 Å². The molecule has 2 aromatic rings. The minimum atomic E-state index is 0.865. The Hall–Kier alpha value is -1.96. The molecule has 2 heteroatoms. The molecule has 18 heavy (non-hydrogen) atoms. The Morgan fingerprint density at radius 1 is 0.778 bits per heavy atom. The van der Waals surface area contributed by atoms with Gasteiger partial charge >= 0.3 is 0 Å². The number of ether oxygens (including phenoxy) is 1. The first-order chi connectivity index (χ1) is 8.56. The number of hydrogen-bond acceptors (Lipinski definition) is 2. The van der Waals surface area contributed by atoms with E-state index in [1.54, 1.807) is 0 Å². The fourth-order valence-electron chi connectivity index (χ4n) is 1.73. The lowest BCUT2D eigenvalue weighted by atomic mass is 10.1. The minimum Gasteiger partial charge on any atom is -0.457 e. The predicted molar refractivity (Wildman–Crippen MR) is 76.8 cm³/mol. The summed E-state index contributed by atoms with van der Waals surface area (Å²) in [7, 11) is 4.05. The van der Waals surface area contributed by atoms with E-state index in [1.165, 1.54) is 16.8 Å². The monoisotopic (exact) mass is 241 g/mol. The average molecular weight is 241 g/mol. The third-order valence-electron chi connectivity index (χ3n) is 3.07. The van der Waals surface area contributed by atoms with E-state index in [1.807, 2.05) is 32.3 Å². The van der Waals surface area contributed by atoms with Crippen LogP contribution in [-0.2, 0) is 0 Å². The van der Waals surface area contributed by atoms with Crippen LogP contribution in [0.15, 0.2) is 42.5 Å². The third-order valence-corrected chi connectivity index (χ3v) is 3.07. The van der Waals surface area contributed by atoms with Crippen molar-refractivity contribution in [3.8, 4) is 11.5 Å². The summed E-state index contributed by atoms with van der Waals surface area (Å²) in [5, 5.41) is 0. The van der Waals surface area contributed by atoms with E-state index in [2.05, 4.69) is 43.0 Å². The number of benzene rings is 2. The van der Waals surface area contributed by atoms with E-state index < -0.39 is 0 Å². The maximum Gasteiger partial charge on any atom is 0.127 e. The number of rotatable bonds is 3. The van der Waals surface area contributed by atoms with Crippen LogP contribution in [0.2, 0.25) is 0 Å². The van der Waals surface area contributed by atoms with Crippen molar-refractivity contribution in [1.82, 2.24) is 0 Å². The SMILES string of the molecule is Cc1ccc(Oc2ccc(N(C)C)cc2)cc1C. The third kappa shape index (κ3) is 2.83. The van der Waals surface area contributed by atoms with E-state index in [0.717, 1.165) is 11.5 Å². The summed E-state index contributed by atoms with van der Waals surface area (Å²) in [6.07, 6.45) is 0. The molecule has 0 aliphatic carbocycles. The Kier molecular flexibility index (Phi) is 3.56.